The molecule has 0 bridgehead atoms. The van der Waals surface area contributed by atoms with E-state index in [0.29, 0.717) is 17.5 Å². The number of rotatable bonds is 4. The van der Waals surface area contributed by atoms with Gasteiger partial charge in [-0.3, -0.25) is 0 Å². The zero-order valence-electron chi connectivity index (χ0n) is 24.2. The summed E-state index contributed by atoms with van der Waals surface area (Å²) in [5, 5.41) is 7.41. The quantitative estimate of drug-likeness (QED) is 0.204. The SMILES string of the molecule is c1ccc(-c2nc(-c3ccc(-c4ccc5ccccc5c4)cc3)nc(-c3cccc4sc5c6ccccc6ccc5c34)n2)cc1. The predicted octanol–water partition coefficient (Wildman–Crippen LogP) is 11.2. The molecule has 0 aliphatic heterocycles. The van der Waals surface area contributed by atoms with Crippen molar-refractivity contribution in [1.82, 2.24) is 15.0 Å². The number of aromatic nitrogens is 3. The zero-order valence-corrected chi connectivity index (χ0v) is 25.0. The average molecular weight is 592 g/mol. The Morgan fingerprint density at radius 2 is 1.00 bits per heavy atom. The molecule has 7 aromatic carbocycles. The van der Waals surface area contributed by atoms with Crippen molar-refractivity contribution in [3.05, 3.63) is 152 Å². The van der Waals surface area contributed by atoms with Gasteiger partial charge >= 0.3 is 0 Å². The minimum Gasteiger partial charge on any atom is -0.208 e. The van der Waals surface area contributed by atoms with Crippen molar-refractivity contribution in [2.45, 2.75) is 0 Å². The van der Waals surface area contributed by atoms with E-state index in [-0.39, 0.29) is 0 Å². The van der Waals surface area contributed by atoms with Crippen molar-refractivity contribution in [3.8, 4) is 45.3 Å². The minimum atomic E-state index is 0.658. The van der Waals surface area contributed by atoms with Gasteiger partial charge in [0, 0.05) is 36.9 Å². The third-order valence-electron chi connectivity index (χ3n) is 8.52. The Morgan fingerprint density at radius 3 is 1.82 bits per heavy atom. The molecule has 0 radical (unpaired) electrons. The summed E-state index contributed by atoms with van der Waals surface area (Å²) in [6.45, 7) is 0. The van der Waals surface area contributed by atoms with Crippen LogP contribution in [0.5, 0.6) is 0 Å². The van der Waals surface area contributed by atoms with Crippen molar-refractivity contribution in [3.63, 3.8) is 0 Å². The Balaban J connectivity index is 1.21. The van der Waals surface area contributed by atoms with Gasteiger partial charge in [0.05, 0.1) is 0 Å². The van der Waals surface area contributed by atoms with E-state index < -0.39 is 0 Å². The second-order valence-corrected chi connectivity index (χ2v) is 12.3. The van der Waals surface area contributed by atoms with E-state index in [4.69, 9.17) is 15.0 Å². The lowest BCUT2D eigenvalue weighted by molar-refractivity contribution is 1.08. The van der Waals surface area contributed by atoms with Gasteiger partial charge in [0.1, 0.15) is 0 Å². The molecule has 4 heteroatoms. The second kappa shape index (κ2) is 10.5. The third-order valence-corrected chi connectivity index (χ3v) is 9.73. The monoisotopic (exact) mass is 591 g/mol. The van der Waals surface area contributed by atoms with E-state index >= 15 is 0 Å². The first kappa shape index (κ1) is 25.8. The summed E-state index contributed by atoms with van der Waals surface area (Å²) in [5.74, 6) is 2.00. The fourth-order valence-corrected chi connectivity index (χ4v) is 7.53. The third kappa shape index (κ3) is 4.46. The molecule has 210 valence electrons. The first-order valence-electron chi connectivity index (χ1n) is 15.0. The van der Waals surface area contributed by atoms with Gasteiger partial charge in [-0.1, -0.05) is 140 Å². The van der Waals surface area contributed by atoms with Crippen molar-refractivity contribution in [2.24, 2.45) is 0 Å². The molecule has 0 spiro atoms. The largest absolute Gasteiger partial charge is 0.208 e. The molecule has 3 nitrogen and oxygen atoms in total. The Hall–Kier alpha value is -5.71. The Kier molecular flexibility index (Phi) is 6.00. The van der Waals surface area contributed by atoms with Crippen LogP contribution in [0.25, 0.3) is 87.0 Å². The lowest BCUT2D eigenvalue weighted by Crippen LogP contribution is -2.00. The maximum atomic E-state index is 5.12. The molecular weight excluding hydrogens is 567 g/mol. The first-order chi connectivity index (χ1) is 22.3. The van der Waals surface area contributed by atoms with Crippen molar-refractivity contribution in [1.29, 1.82) is 0 Å². The highest BCUT2D eigenvalue weighted by Crippen LogP contribution is 2.42. The maximum Gasteiger partial charge on any atom is 0.164 e. The van der Waals surface area contributed by atoms with Gasteiger partial charge in [-0.05, 0) is 44.8 Å². The van der Waals surface area contributed by atoms with Crippen LogP contribution in [0.3, 0.4) is 0 Å². The van der Waals surface area contributed by atoms with Crippen LogP contribution in [-0.4, -0.2) is 15.0 Å². The molecule has 9 aromatic rings. The van der Waals surface area contributed by atoms with Crippen LogP contribution < -0.4 is 0 Å². The molecule has 0 fully saturated rings. The molecule has 45 heavy (non-hydrogen) atoms. The number of fused-ring (bicyclic) bond motifs is 6. The van der Waals surface area contributed by atoms with Crippen LogP contribution >= 0.6 is 11.3 Å². The van der Waals surface area contributed by atoms with Gasteiger partial charge in [-0.25, -0.2) is 15.0 Å². The fourth-order valence-electron chi connectivity index (χ4n) is 6.26. The summed E-state index contributed by atoms with van der Waals surface area (Å²) in [6, 6.07) is 53.3. The molecule has 0 aliphatic carbocycles. The van der Waals surface area contributed by atoms with Crippen LogP contribution in [0.15, 0.2) is 152 Å². The smallest absolute Gasteiger partial charge is 0.164 e. The highest BCUT2D eigenvalue weighted by atomic mass is 32.1. The summed E-state index contributed by atoms with van der Waals surface area (Å²) in [5.41, 5.74) is 5.27. The van der Waals surface area contributed by atoms with Crippen LogP contribution in [-0.2, 0) is 0 Å². The lowest BCUT2D eigenvalue weighted by atomic mass is 10.00. The molecule has 0 amide bonds. The molecule has 9 rings (SSSR count). The predicted molar refractivity (Wildman–Crippen MR) is 189 cm³/mol. The molecule has 0 saturated heterocycles. The maximum absolute atomic E-state index is 5.12. The van der Waals surface area contributed by atoms with E-state index in [1.807, 2.05) is 29.5 Å². The molecule has 2 heterocycles. The van der Waals surface area contributed by atoms with E-state index in [2.05, 4.69) is 133 Å². The van der Waals surface area contributed by atoms with Crippen molar-refractivity contribution < 1.29 is 0 Å². The zero-order chi connectivity index (χ0) is 29.7. The van der Waals surface area contributed by atoms with Gasteiger partial charge in [0.25, 0.3) is 0 Å². The lowest BCUT2D eigenvalue weighted by Gasteiger charge is -2.10. The summed E-state index contributed by atoms with van der Waals surface area (Å²) < 4.78 is 2.51. The second-order valence-electron chi connectivity index (χ2n) is 11.3. The number of nitrogens with zero attached hydrogens (tertiary/aromatic N) is 3. The van der Waals surface area contributed by atoms with Gasteiger partial charge in [0.2, 0.25) is 0 Å². The molecule has 0 saturated carbocycles. The Morgan fingerprint density at radius 1 is 0.378 bits per heavy atom. The van der Waals surface area contributed by atoms with Gasteiger partial charge in [0.15, 0.2) is 17.5 Å². The summed E-state index contributed by atoms with van der Waals surface area (Å²) in [4.78, 5) is 15.2. The highest BCUT2D eigenvalue weighted by molar-refractivity contribution is 7.26. The molecule has 0 unspecified atom stereocenters. The van der Waals surface area contributed by atoms with Crippen LogP contribution in [0.2, 0.25) is 0 Å². The minimum absolute atomic E-state index is 0.658. The summed E-state index contributed by atoms with van der Waals surface area (Å²) in [6.07, 6.45) is 0. The molecule has 0 aliphatic rings. The number of benzene rings is 7. The topological polar surface area (TPSA) is 38.7 Å². The molecule has 0 N–H and O–H groups in total. The van der Waals surface area contributed by atoms with Crippen LogP contribution in [0.1, 0.15) is 0 Å². The summed E-state index contributed by atoms with van der Waals surface area (Å²) >= 11 is 1.83. The molecular formula is C41H25N3S. The standard InChI is InChI=1S/C41H25N3S/c1-2-11-29(12-3-1)39-42-40(30-20-17-27(18-21-30)32-22-19-26-9-4-5-13-31(26)25-32)44-41(43-39)35-15-8-16-36-37(35)34-24-23-28-10-6-7-14-33(28)38(34)45-36/h1-25H. The number of hydrogen-bond acceptors (Lipinski definition) is 4. The molecule has 2 aromatic heterocycles. The van der Waals surface area contributed by atoms with E-state index in [0.717, 1.165) is 22.3 Å². The van der Waals surface area contributed by atoms with Crippen LogP contribution in [0.4, 0.5) is 0 Å². The normalized spacial score (nSPS) is 11.6. The van der Waals surface area contributed by atoms with Gasteiger partial charge < -0.3 is 0 Å². The van der Waals surface area contributed by atoms with E-state index in [1.165, 1.54) is 47.3 Å². The first-order valence-corrected chi connectivity index (χ1v) is 15.8. The van der Waals surface area contributed by atoms with Crippen molar-refractivity contribution >= 4 is 53.1 Å². The highest BCUT2D eigenvalue weighted by Gasteiger charge is 2.18. The number of thiophene rings is 1. The van der Waals surface area contributed by atoms with E-state index in [1.54, 1.807) is 0 Å². The van der Waals surface area contributed by atoms with Crippen molar-refractivity contribution in [2.75, 3.05) is 0 Å². The summed E-state index contributed by atoms with van der Waals surface area (Å²) in [7, 11) is 0. The van der Waals surface area contributed by atoms with E-state index in [9.17, 15) is 0 Å². The van der Waals surface area contributed by atoms with Gasteiger partial charge in [-0.15, -0.1) is 11.3 Å². The van der Waals surface area contributed by atoms with Crippen LogP contribution in [0, 0.1) is 0 Å². The van der Waals surface area contributed by atoms with Gasteiger partial charge in [-0.2, -0.15) is 0 Å². The average Bonchev–Trinajstić information content (AvgIpc) is 3.51. The Labute approximate surface area is 264 Å². The number of hydrogen-bond donors (Lipinski definition) is 0. The Bertz CT molecular complexity index is 2530. The molecule has 0 atom stereocenters. The fraction of sp³-hybridized carbons (Fsp3) is 0.